The first-order valence-electron chi connectivity index (χ1n) is 5.10. The topological polar surface area (TPSA) is 32.3 Å². The number of carbonyl (C=O) groups is 1. The van der Waals surface area contributed by atoms with Crippen LogP contribution < -0.4 is 5.32 Å². The Balaban J connectivity index is 1.83. The molecule has 3 nitrogen and oxygen atoms in total. The Bertz CT molecular complexity index is 193. The van der Waals surface area contributed by atoms with Crippen LogP contribution in [-0.2, 0) is 4.79 Å². The van der Waals surface area contributed by atoms with E-state index in [9.17, 15) is 4.79 Å². The van der Waals surface area contributed by atoms with Crippen molar-refractivity contribution in [2.75, 3.05) is 26.2 Å². The number of nitrogens with zero attached hydrogens (tertiary/aromatic N) is 1. The lowest BCUT2D eigenvalue weighted by molar-refractivity contribution is -0.138. The van der Waals surface area contributed by atoms with Crippen molar-refractivity contribution in [3.05, 3.63) is 6.92 Å². The van der Waals surface area contributed by atoms with Crippen LogP contribution in [0.25, 0.3) is 0 Å². The van der Waals surface area contributed by atoms with E-state index in [1.807, 2.05) is 4.90 Å². The van der Waals surface area contributed by atoms with Crippen molar-refractivity contribution in [3.63, 3.8) is 0 Å². The van der Waals surface area contributed by atoms with Gasteiger partial charge in [0.05, 0.1) is 5.92 Å². The van der Waals surface area contributed by atoms with Gasteiger partial charge in [0.1, 0.15) is 0 Å². The summed E-state index contributed by atoms with van der Waals surface area (Å²) in [6.45, 7) is 7.62. The molecule has 2 aliphatic rings. The van der Waals surface area contributed by atoms with Crippen LogP contribution in [0.2, 0.25) is 0 Å². The van der Waals surface area contributed by atoms with Crippen molar-refractivity contribution in [2.45, 2.75) is 12.8 Å². The number of piperidine rings is 1. The molecule has 2 aliphatic heterocycles. The maximum Gasteiger partial charge on any atom is 0.228 e. The number of nitrogens with one attached hydrogen (secondary N) is 1. The van der Waals surface area contributed by atoms with Gasteiger partial charge in [0.15, 0.2) is 0 Å². The number of carbonyl (C=O) groups excluding carboxylic acids is 1. The van der Waals surface area contributed by atoms with Gasteiger partial charge < -0.3 is 10.2 Å². The van der Waals surface area contributed by atoms with Gasteiger partial charge in [-0.3, -0.25) is 4.79 Å². The lowest BCUT2D eigenvalue weighted by atomic mass is 9.96. The van der Waals surface area contributed by atoms with Crippen LogP contribution in [0.1, 0.15) is 12.8 Å². The highest BCUT2D eigenvalue weighted by atomic mass is 16.2. The van der Waals surface area contributed by atoms with E-state index in [0.29, 0.717) is 11.8 Å². The van der Waals surface area contributed by atoms with Gasteiger partial charge in [-0.1, -0.05) is 6.92 Å². The van der Waals surface area contributed by atoms with Gasteiger partial charge in [-0.15, -0.1) is 0 Å². The first-order valence-corrected chi connectivity index (χ1v) is 5.10. The fraction of sp³-hybridized carbons (Fsp3) is 0.800. The fourth-order valence-electron chi connectivity index (χ4n) is 1.87. The third kappa shape index (κ3) is 1.85. The van der Waals surface area contributed by atoms with E-state index in [4.69, 9.17) is 0 Å². The molecule has 3 heteroatoms. The molecule has 0 bridgehead atoms. The summed E-state index contributed by atoms with van der Waals surface area (Å²) in [7, 11) is 0. The Labute approximate surface area is 79.5 Å². The predicted molar refractivity (Wildman–Crippen MR) is 51.0 cm³/mol. The molecule has 1 radical (unpaired) electrons. The van der Waals surface area contributed by atoms with Gasteiger partial charge in [0.2, 0.25) is 5.91 Å². The Morgan fingerprint density at radius 2 is 1.92 bits per heavy atom. The first-order chi connectivity index (χ1) is 6.27. The lowest BCUT2D eigenvalue weighted by Gasteiger charge is -2.36. The summed E-state index contributed by atoms with van der Waals surface area (Å²) >= 11 is 0. The summed E-state index contributed by atoms with van der Waals surface area (Å²) in [5.41, 5.74) is 0. The van der Waals surface area contributed by atoms with Crippen molar-refractivity contribution in [2.24, 2.45) is 11.8 Å². The third-order valence-corrected chi connectivity index (χ3v) is 3.06. The fourth-order valence-corrected chi connectivity index (χ4v) is 1.87. The zero-order valence-corrected chi connectivity index (χ0v) is 7.96. The zero-order chi connectivity index (χ0) is 9.26. The normalized spacial score (nSPS) is 25.8. The second-order valence-electron chi connectivity index (χ2n) is 4.12. The van der Waals surface area contributed by atoms with Crippen LogP contribution in [-0.4, -0.2) is 37.0 Å². The zero-order valence-electron chi connectivity index (χ0n) is 7.96. The van der Waals surface area contributed by atoms with E-state index < -0.39 is 0 Å². The van der Waals surface area contributed by atoms with E-state index in [1.54, 1.807) is 0 Å². The molecule has 0 atom stereocenters. The van der Waals surface area contributed by atoms with Crippen molar-refractivity contribution < 1.29 is 4.79 Å². The van der Waals surface area contributed by atoms with Crippen molar-refractivity contribution in [1.29, 1.82) is 0 Å². The monoisotopic (exact) mass is 181 g/mol. The largest absolute Gasteiger partial charge is 0.342 e. The standard InChI is InChI=1S/C10H17N2O/c1-8-2-4-12(5-3-8)10(13)9-6-11-7-9/h8-9,11H,1-7H2. The molecule has 0 aromatic heterocycles. The summed E-state index contributed by atoms with van der Waals surface area (Å²) in [5, 5.41) is 3.13. The van der Waals surface area contributed by atoms with Gasteiger partial charge >= 0.3 is 0 Å². The number of amides is 1. The molecule has 0 aromatic carbocycles. The van der Waals surface area contributed by atoms with E-state index >= 15 is 0 Å². The average molecular weight is 181 g/mol. The Kier molecular flexibility index (Phi) is 2.54. The minimum Gasteiger partial charge on any atom is -0.342 e. The molecular formula is C10H17N2O. The van der Waals surface area contributed by atoms with E-state index in [0.717, 1.165) is 39.0 Å². The second-order valence-corrected chi connectivity index (χ2v) is 4.12. The Morgan fingerprint density at radius 3 is 2.38 bits per heavy atom. The highest BCUT2D eigenvalue weighted by Crippen LogP contribution is 2.18. The minimum atomic E-state index is 0.265. The number of rotatable bonds is 1. The van der Waals surface area contributed by atoms with Gasteiger partial charge in [-0.2, -0.15) is 0 Å². The Morgan fingerprint density at radius 1 is 1.31 bits per heavy atom. The van der Waals surface area contributed by atoms with Crippen LogP contribution in [0.3, 0.4) is 0 Å². The Hall–Kier alpha value is -0.570. The molecule has 2 fully saturated rings. The molecule has 0 aromatic rings. The lowest BCUT2D eigenvalue weighted by Crippen LogP contribution is -2.53. The smallest absolute Gasteiger partial charge is 0.228 e. The summed E-state index contributed by atoms with van der Waals surface area (Å²) in [4.78, 5) is 13.8. The van der Waals surface area contributed by atoms with Crippen LogP contribution in [0.5, 0.6) is 0 Å². The molecule has 73 valence electrons. The molecule has 1 N–H and O–H groups in total. The maximum atomic E-state index is 11.8. The number of hydrogen-bond donors (Lipinski definition) is 1. The molecule has 0 unspecified atom stereocenters. The molecule has 1 amide bonds. The molecule has 0 aliphatic carbocycles. The highest BCUT2D eigenvalue weighted by Gasteiger charge is 2.30. The van der Waals surface area contributed by atoms with Crippen LogP contribution in [0.15, 0.2) is 0 Å². The molecule has 0 spiro atoms. The third-order valence-electron chi connectivity index (χ3n) is 3.06. The summed E-state index contributed by atoms with van der Waals surface area (Å²) < 4.78 is 0. The van der Waals surface area contributed by atoms with Gasteiger partial charge in [0.25, 0.3) is 0 Å². The highest BCUT2D eigenvalue weighted by molar-refractivity contribution is 5.80. The molecule has 2 rings (SSSR count). The maximum absolute atomic E-state index is 11.8. The predicted octanol–water partition coefficient (Wildman–Crippen LogP) is 0.278. The first kappa shape index (κ1) is 9.00. The minimum absolute atomic E-state index is 0.265. The average Bonchev–Trinajstić information content (AvgIpc) is 2.02. The van der Waals surface area contributed by atoms with Crippen LogP contribution in [0, 0.1) is 18.8 Å². The van der Waals surface area contributed by atoms with Gasteiger partial charge in [-0.05, 0) is 18.8 Å². The van der Waals surface area contributed by atoms with E-state index in [2.05, 4.69) is 12.2 Å². The van der Waals surface area contributed by atoms with E-state index in [-0.39, 0.29) is 5.92 Å². The number of hydrogen-bond acceptors (Lipinski definition) is 2. The molecule has 13 heavy (non-hydrogen) atoms. The molecular weight excluding hydrogens is 164 g/mol. The molecule has 2 saturated heterocycles. The molecule has 0 saturated carbocycles. The molecule has 2 heterocycles. The number of likely N-dealkylation sites (tertiary alicyclic amines) is 1. The second kappa shape index (κ2) is 3.66. The quantitative estimate of drug-likeness (QED) is 0.630. The summed E-state index contributed by atoms with van der Waals surface area (Å²) in [6, 6.07) is 0. The van der Waals surface area contributed by atoms with Crippen LogP contribution >= 0.6 is 0 Å². The van der Waals surface area contributed by atoms with Crippen molar-refractivity contribution in [3.8, 4) is 0 Å². The van der Waals surface area contributed by atoms with Gasteiger partial charge in [-0.25, -0.2) is 0 Å². The summed E-state index contributed by atoms with van der Waals surface area (Å²) in [5.74, 6) is 1.18. The van der Waals surface area contributed by atoms with Crippen molar-refractivity contribution in [1.82, 2.24) is 10.2 Å². The van der Waals surface area contributed by atoms with Crippen LogP contribution in [0.4, 0.5) is 0 Å². The summed E-state index contributed by atoms with van der Waals surface area (Å²) in [6.07, 6.45) is 2.15. The SMILES string of the molecule is [CH2]C1CCN(C(=O)C2CNC2)CC1. The van der Waals surface area contributed by atoms with E-state index in [1.165, 1.54) is 0 Å². The van der Waals surface area contributed by atoms with Gasteiger partial charge in [0, 0.05) is 26.2 Å². The van der Waals surface area contributed by atoms with Crippen molar-refractivity contribution >= 4 is 5.91 Å².